The molecule has 1 N–H and O–H groups in total. The lowest BCUT2D eigenvalue weighted by atomic mass is 9.89. The van der Waals surface area contributed by atoms with Crippen LogP contribution in [0.1, 0.15) is 29.2 Å². The molecule has 0 radical (unpaired) electrons. The number of fused-ring (bicyclic) bond motifs is 1. The zero-order chi connectivity index (χ0) is 19.5. The van der Waals surface area contributed by atoms with Crippen molar-refractivity contribution >= 4 is 28.8 Å². The van der Waals surface area contributed by atoms with Crippen LogP contribution >= 0.6 is 11.3 Å². The zero-order valence-corrected chi connectivity index (χ0v) is 16.8. The summed E-state index contributed by atoms with van der Waals surface area (Å²) in [6.45, 7) is 4.20. The van der Waals surface area contributed by atoms with Gasteiger partial charge in [0.15, 0.2) is 0 Å². The predicted octanol–water partition coefficient (Wildman–Crippen LogP) is 2.92. The third kappa shape index (κ3) is 3.91. The van der Waals surface area contributed by atoms with Crippen LogP contribution in [0.2, 0.25) is 0 Å². The van der Waals surface area contributed by atoms with Crippen molar-refractivity contribution < 1.29 is 14.3 Å². The van der Waals surface area contributed by atoms with Gasteiger partial charge in [-0.3, -0.25) is 14.5 Å². The lowest BCUT2D eigenvalue weighted by Crippen LogP contribution is -2.40. The first kappa shape index (κ1) is 19.0. The summed E-state index contributed by atoms with van der Waals surface area (Å²) in [6.07, 6.45) is 1.13. The number of nitrogens with zero attached hydrogens (tertiary/aromatic N) is 2. The first-order chi connectivity index (χ1) is 13.7. The monoisotopic (exact) mass is 399 g/mol. The second-order valence-electron chi connectivity index (χ2n) is 7.26. The molecule has 28 heavy (non-hydrogen) atoms. The molecular formula is C21H25N3O3S. The highest BCUT2D eigenvalue weighted by molar-refractivity contribution is 7.09. The van der Waals surface area contributed by atoms with Crippen molar-refractivity contribution in [2.75, 3.05) is 38.6 Å². The van der Waals surface area contributed by atoms with Crippen molar-refractivity contribution in [2.24, 2.45) is 0 Å². The van der Waals surface area contributed by atoms with Crippen LogP contribution in [0, 0.1) is 0 Å². The van der Waals surface area contributed by atoms with Gasteiger partial charge in [-0.1, -0.05) is 18.2 Å². The molecular weight excluding hydrogens is 374 g/mol. The van der Waals surface area contributed by atoms with E-state index in [4.69, 9.17) is 4.74 Å². The van der Waals surface area contributed by atoms with Crippen molar-refractivity contribution in [3.05, 3.63) is 46.2 Å². The Kier molecular flexibility index (Phi) is 5.64. The minimum atomic E-state index is -0.442. The average molecular weight is 400 g/mol. The molecule has 0 saturated carbocycles. The standard InChI is InChI=1S/C21H25N3O3S/c1-27-18-7-2-6-16-17(13-19(25)22-20(16)18)21(26)24-9-4-8-23(10-11-24)14-15-5-3-12-28-15/h2-3,5-7,12,17H,4,8-11,13-14H2,1H3,(H,22,25). The average Bonchev–Trinajstić information content (AvgIpc) is 3.10. The molecule has 4 rings (SSSR count). The molecule has 0 aliphatic carbocycles. The summed E-state index contributed by atoms with van der Waals surface area (Å²) in [5.41, 5.74) is 1.48. The maximum Gasteiger partial charge on any atom is 0.230 e. The van der Waals surface area contributed by atoms with E-state index >= 15 is 0 Å². The van der Waals surface area contributed by atoms with Gasteiger partial charge in [0.05, 0.1) is 18.7 Å². The summed E-state index contributed by atoms with van der Waals surface area (Å²) in [5, 5.41) is 4.97. The van der Waals surface area contributed by atoms with Crippen LogP contribution in [-0.4, -0.2) is 54.9 Å². The molecule has 1 aromatic heterocycles. The Labute approximate surface area is 169 Å². The molecule has 3 heterocycles. The zero-order valence-electron chi connectivity index (χ0n) is 16.0. The minimum absolute atomic E-state index is 0.0438. The largest absolute Gasteiger partial charge is 0.495 e. The highest BCUT2D eigenvalue weighted by atomic mass is 32.1. The maximum atomic E-state index is 13.3. The molecule has 1 aromatic carbocycles. The van der Waals surface area contributed by atoms with Crippen molar-refractivity contribution in [2.45, 2.75) is 25.3 Å². The minimum Gasteiger partial charge on any atom is -0.495 e. The SMILES string of the molecule is COc1cccc2c1NC(=O)CC2C(=O)N1CCCN(Cc2cccs2)CC1. The van der Waals surface area contributed by atoms with E-state index in [0.717, 1.165) is 38.2 Å². The number of hydrogen-bond donors (Lipinski definition) is 1. The smallest absolute Gasteiger partial charge is 0.230 e. The van der Waals surface area contributed by atoms with Crippen LogP contribution < -0.4 is 10.1 Å². The number of anilines is 1. The third-order valence-electron chi connectivity index (χ3n) is 5.47. The van der Waals surface area contributed by atoms with Crippen molar-refractivity contribution in [3.63, 3.8) is 0 Å². The summed E-state index contributed by atoms with van der Waals surface area (Å²) in [7, 11) is 1.57. The van der Waals surface area contributed by atoms with E-state index in [-0.39, 0.29) is 18.2 Å². The van der Waals surface area contributed by atoms with Gasteiger partial charge in [-0.25, -0.2) is 0 Å². The molecule has 1 saturated heterocycles. The highest BCUT2D eigenvalue weighted by Crippen LogP contribution is 2.39. The lowest BCUT2D eigenvalue weighted by Gasteiger charge is -2.30. The molecule has 6 nitrogen and oxygen atoms in total. The number of hydrogen-bond acceptors (Lipinski definition) is 5. The van der Waals surface area contributed by atoms with Gasteiger partial charge in [0.1, 0.15) is 5.75 Å². The summed E-state index contributed by atoms with van der Waals surface area (Å²) in [5.74, 6) is 0.0656. The number of para-hydroxylation sites is 1. The van der Waals surface area contributed by atoms with E-state index in [1.165, 1.54) is 4.88 Å². The van der Waals surface area contributed by atoms with Gasteiger partial charge >= 0.3 is 0 Å². The second kappa shape index (κ2) is 8.32. The maximum absolute atomic E-state index is 13.3. The molecule has 1 atom stereocenters. The van der Waals surface area contributed by atoms with E-state index in [1.54, 1.807) is 24.5 Å². The number of methoxy groups -OCH3 is 1. The Morgan fingerprint density at radius 2 is 2.11 bits per heavy atom. The van der Waals surface area contributed by atoms with Crippen LogP contribution in [0.15, 0.2) is 35.7 Å². The molecule has 1 unspecified atom stereocenters. The Morgan fingerprint density at radius 1 is 1.21 bits per heavy atom. The van der Waals surface area contributed by atoms with Crippen LogP contribution in [0.5, 0.6) is 5.75 Å². The van der Waals surface area contributed by atoms with E-state index < -0.39 is 5.92 Å². The van der Waals surface area contributed by atoms with E-state index in [2.05, 4.69) is 27.7 Å². The molecule has 2 amide bonds. The van der Waals surface area contributed by atoms with Gasteiger partial charge in [0.25, 0.3) is 0 Å². The Balaban J connectivity index is 1.48. The van der Waals surface area contributed by atoms with Gasteiger partial charge in [0, 0.05) is 44.0 Å². The molecule has 0 spiro atoms. The summed E-state index contributed by atoms with van der Waals surface area (Å²) in [6, 6.07) is 9.83. The number of thiophene rings is 1. The number of carbonyl (C=O) groups excluding carboxylic acids is 2. The third-order valence-corrected chi connectivity index (χ3v) is 6.33. The van der Waals surface area contributed by atoms with Crippen molar-refractivity contribution in [1.82, 2.24) is 9.80 Å². The number of nitrogens with one attached hydrogen (secondary N) is 1. The molecule has 0 bridgehead atoms. The molecule has 1 fully saturated rings. The van der Waals surface area contributed by atoms with Gasteiger partial charge in [0.2, 0.25) is 11.8 Å². The Hall–Kier alpha value is -2.38. The number of carbonyl (C=O) groups is 2. The van der Waals surface area contributed by atoms with Gasteiger partial charge in [-0.05, 0) is 29.5 Å². The first-order valence-corrected chi connectivity index (χ1v) is 10.5. The fourth-order valence-electron chi connectivity index (χ4n) is 4.04. The van der Waals surface area contributed by atoms with Crippen LogP contribution in [0.4, 0.5) is 5.69 Å². The van der Waals surface area contributed by atoms with E-state index in [9.17, 15) is 9.59 Å². The molecule has 2 aliphatic rings. The molecule has 2 aliphatic heterocycles. The Bertz CT molecular complexity index is 853. The van der Waals surface area contributed by atoms with E-state index in [1.807, 2.05) is 17.0 Å². The fourth-order valence-corrected chi connectivity index (χ4v) is 4.79. The second-order valence-corrected chi connectivity index (χ2v) is 8.30. The summed E-state index contributed by atoms with van der Waals surface area (Å²) < 4.78 is 5.37. The quantitative estimate of drug-likeness (QED) is 0.859. The molecule has 148 valence electrons. The number of amides is 2. The van der Waals surface area contributed by atoms with Crippen LogP contribution in [0.25, 0.3) is 0 Å². The van der Waals surface area contributed by atoms with E-state index in [0.29, 0.717) is 18.0 Å². The van der Waals surface area contributed by atoms with Crippen LogP contribution in [-0.2, 0) is 16.1 Å². The molecule has 7 heteroatoms. The summed E-state index contributed by atoms with van der Waals surface area (Å²) >= 11 is 1.77. The lowest BCUT2D eigenvalue weighted by molar-refractivity contribution is -0.134. The molecule has 2 aromatic rings. The highest BCUT2D eigenvalue weighted by Gasteiger charge is 2.35. The topological polar surface area (TPSA) is 61.9 Å². The van der Waals surface area contributed by atoms with Crippen LogP contribution in [0.3, 0.4) is 0 Å². The Morgan fingerprint density at radius 3 is 2.89 bits per heavy atom. The fraction of sp³-hybridized carbons (Fsp3) is 0.429. The van der Waals surface area contributed by atoms with Gasteiger partial charge in [-0.2, -0.15) is 0 Å². The van der Waals surface area contributed by atoms with Gasteiger partial charge in [-0.15, -0.1) is 11.3 Å². The predicted molar refractivity (Wildman–Crippen MR) is 110 cm³/mol. The van der Waals surface area contributed by atoms with Crippen molar-refractivity contribution in [1.29, 1.82) is 0 Å². The number of rotatable bonds is 4. The normalized spacial score (nSPS) is 20.2. The first-order valence-electron chi connectivity index (χ1n) is 9.66. The van der Waals surface area contributed by atoms with Gasteiger partial charge < -0.3 is 15.0 Å². The number of benzene rings is 1. The summed E-state index contributed by atoms with van der Waals surface area (Å²) in [4.78, 5) is 31.3. The van der Waals surface area contributed by atoms with Crippen molar-refractivity contribution in [3.8, 4) is 5.75 Å². The number of ether oxygens (including phenoxy) is 1.